The van der Waals surface area contributed by atoms with Crippen LogP contribution in [0.3, 0.4) is 0 Å². The van der Waals surface area contributed by atoms with Gasteiger partial charge in [-0.15, -0.1) is 11.3 Å². The summed E-state index contributed by atoms with van der Waals surface area (Å²) in [6.07, 6.45) is 3.08. The van der Waals surface area contributed by atoms with Gasteiger partial charge >= 0.3 is 0 Å². The van der Waals surface area contributed by atoms with Crippen molar-refractivity contribution in [2.45, 2.75) is 0 Å². The van der Waals surface area contributed by atoms with Gasteiger partial charge in [-0.3, -0.25) is 14.9 Å². The number of nitro benzene ring substituents is 1. The normalized spacial score (nSPS) is 11.0. The quantitative estimate of drug-likeness (QED) is 0.271. The second-order valence-corrected chi connectivity index (χ2v) is 7.24. The Morgan fingerprint density at radius 1 is 1.03 bits per heavy atom. The third kappa shape index (κ3) is 4.20. The number of fused-ring (bicyclic) bond motifs is 1. The lowest BCUT2D eigenvalue weighted by atomic mass is 10.1. The third-order valence-electron chi connectivity index (χ3n) is 4.22. The van der Waals surface area contributed by atoms with Gasteiger partial charge in [-0.25, -0.2) is 4.98 Å². The highest BCUT2D eigenvalue weighted by molar-refractivity contribution is 7.21. The van der Waals surface area contributed by atoms with Crippen LogP contribution in [0.4, 0.5) is 11.4 Å². The van der Waals surface area contributed by atoms with Crippen molar-refractivity contribution >= 4 is 44.9 Å². The first-order chi connectivity index (χ1) is 14.1. The molecular formula is C22H15N3O3S. The Bertz CT molecular complexity index is 1200. The van der Waals surface area contributed by atoms with Crippen LogP contribution < -0.4 is 5.32 Å². The number of thiazole rings is 1. The Morgan fingerprint density at radius 3 is 2.55 bits per heavy atom. The molecule has 0 spiro atoms. The van der Waals surface area contributed by atoms with E-state index in [1.807, 2.05) is 54.6 Å². The summed E-state index contributed by atoms with van der Waals surface area (Å²) in [7, 11) is 0. The SMILES string of the molecule is O=C(C=Cc1ccccc1)Nc1cc([N+](=O)[O-])ccc1-c1nc2ccccc2s1. The minimum atomic E-state index is -0.488. The Morgan fingerprint density at radius 2 is 1.79 bits per heavy atom. The van der Waals surface area contributed by atoms with Crippen LogP contribution in [0.15, 0.2) is 78.9 Å². The molecule has 3 aromatic carbocycles. The summed E-state index contributed by atoms with van der Waals surface area (Å²) in [4.78, 5) is 27.8. The number of hydrogen-bond donors (Lipinski definition) is 1. The monoisotopic (exact) mass is 401 g/mol. The Labute approximate surface area is 170 Å². The van der Waals surface area contributed by atoms with Crippen molar-refractivity contribution in [1.29, 1.82) is 0 Å². The second-order valence-electron chi connectivity index (χ2n) is 6.21. The van der Waals surface area contributed by atoms with Crippen LogP contribution in [-0.2, 0) is 4.79 Å². The lowest BCUT2D eigenvalue weighted by Crippen LogP contribution is -2.09. The Kier molecular flexibility index (Phi) is 5.13. The predicted molar refractivity (Wildman–Crippen MR) is 116 cm³/mol. The van der Waals surface area contributed by atoms with Crippen LogP contribution in [-0.4, -0.2) is 15.8 Å². The Balaban J connectivity index is 1.68. The lowest BCUT2D eigenvalue weighted by molar-refractivity contribution is -0.384. The second kappa shape index (κ2) is 8.04. The molecule has 1 amide bonds. The number of rotatable bonds is 5. The molecule has 0 aliphatic rings. The molecule has 142 valence electrons. The van der Waals surface area contributed by atoms with Crippen LogP contribution in [0.1, 0.15) is 5.56 Å². The average Bonchev–Trinajstić information content (AvgIpc) is 3.17. The molecule has 7 heteroatoms. The van der Waals surface area contributed by atoms with E-state index < -0.39 is 4.92 Å². The van der Waals surface area contributed by atoms with Gasteiger partial charge in [0.15, 0.2) is 0 Å². The fourth-order valence-corrected chi connectivity index (χ4v) is 3.84. The van der Waals surface area contributed by atoms with Gasteiger partial charge in [-0.2, -0.15) is 0 Å². The number of non-ortho nitro benzene ring substituents is 1. The highest BCUT2D eigenvalue weighted by atomic mass is 32.1. The maximum Gasteiger partial charge on any atom is 0.271 e. The molecule has 4 aromatic rings. The van der Waals surface area contributed by atoms with Gasteiger partial charge in [0.2, 0.25) is 5.91 Å². The smallest absolute Gasteiger partial charge is 0.271 e. The lowest BCUT2D eigenvalue weighted by Gasteiger charge is -2.08. The van der Waals surface area contributed by atoms with Crippen LogP contribution >= 0.6 is 11.3 Å². The van der Waals surface area contributed by atoms with Crippen molar-refractivity contribution in [1.82, 2.24) is 4.98 Å². The number of amides is 1. The molecule has 0 saturated heterocycles. The van der Waals surface area contributed by atoms with Gasteiger partial charge in [-0.1, -0.05) is 42.5 Å². The van der Waals surface area contributed by atoms with Gasteiger partial charge < -0.3 is 5.32 Å². The number of aromatic nitrogens is 1. The summed E-state index contributed by atoms with van der Waals surface area (Å²) in [5, 5.41) is 14.6. The largest absolute Gasteiger partial charge is 0.322 e. The number of benzene rings is 3. The number of anilines is 1. The maximum atomic E-state index is 12.4. The summed E-state index contributed by atoms with van der Waals surface area (Å²) in [6, 6.07) is 21.5. The molecule has 0 saturated carbocycles. The zero-order valence-electron chi connectivity index (χ0n) is 15.1. The van der Waals surface area contributed by atoms with E-state index in [9.17, 15) is 14.9 Å². The van der Waals surface area contributed by atoms with Crippen LogP contribution in [0.25, 0.3) is 26.9 Å². The zero-order chi connectivity index (χ0) is 20.2. The molecule has 1 heterocycles. The van der Waals surface area contributed by atoms with Crippen molar-refractivity contribution in [3.63, 3.8) is 0 Å². The summed E-state index contributed by atoms with van der Waals surface area (Å²) in [5.74, 6) is -0.378. The zero-order valence-corrected chi connectivity index (χ0v) is 15.9. The van der Waals surface area contributed by atoms with E-state index >= 15 is 0 Å². The summed E-state index contributed by atoms with van der Waals surface area (Å²) >= 11 is 1.47. The molecule has 0 bridgehead atoms. The van der Waals surface area contributed by atoms with Crippen molar-refractivity contribution in [3.05, 3.63) is 94.6 Å². The molecule has 0 unspecified atom stereocenters. The van der Waals surface area contributed by atoms with E-state index in [1.165, 1.54) is 29.5 Å². The van der Waals surface area contributed by atoms with Gasteiger partial charge in [0.05, 0.1) is 20.8 Å². The molecule has 0 aliphatic heterocycles. The van der Waals surface area contributed by atoms with E-state index in [0.717, 1.165) is 15.8 Å². The van der Waals surface area contributed by atoms with Crippen LogP contribution in [0.2, 0.25) is 0 Å². The molecule has 0 aliphatic carbocycles. The molecule has 0 radical (unpaired) electrons. The number of hydrogen-bond acceptors (Lipinski definition) is 5. The van der Waals surface area contributed by atoms with Gasteiger partial charge in [0.25, 0.3) is 5.69 Å². The van der Waals surface area contributed by atoms with E-state index in [2.05, 4.69) is 10.3 Å². The highest BCUT2D eigenvalue weighted by Gasteiger charge is 2.16. The van der Waals surface area contributed by atoms with Gasteiger partial charge in [0, 0.05) is 23.8 Å². The first-order valence-electron chi connectivity index (χ1n) is 8.79. The molecule has 1 N–H and O–H groups in total. The van der Waals surface area contributed by atoms with Crippen molar-refractivity contribution in [2.75, 3.05) is 5.32 Å². The van der Waals surface area contributed by atoms with Crippen molar-refractivity contribution < 1.29 is 9.72 Å². The van der Waals surface area contributed by atoms with E-state index in [4.69, 9.17) is 0 Å². The molecule has 29 heavy (non-hydrogen) atoms. The first-order valence-corrected chi connectivity index (χ1v) is 9.60. The fraction of sp³-hybridized carbons (Fsp3) is 0. The minimum absolute atomic E-state index is 0.0998. The van der Waals surface area contributed by atoms with E-state index in [1.54, 1.807) is 12.1 Å². The average molecular weight is 401 g/mol. The maximum absolute atomic E-state index is 12.4. The summed E-state index contributed by atoms with van der Waals surface area (Å²) in [5.41, 5.74) is 2.61. The fourth-order valence-electron chi connectivity index (χ4n) is 2.83. The molecule has 0 fully saturated rings. The van der Waals surface area contributed by atoms with Crippen molar-refractivity contribution in [2.24, 2.45) is 0 Å². The third-order valence-corrected chi connectivity index (χ3v) is 5.29. The number of para-hydroxylation sites is 1. The molecular weight excluding hydrogens is 386 g/mol. The van der Waals surface area contributed by atoms with Gasteiger partial charge in [-0.05, 0) is 29.8 Å². The minimum Gasteiger partial charge on any atom is -0.322 e. The number of nitrogens with one attached hydrogen (secondary N) is 1. The van der Waals surface area contributed by atoms with Crippen LogP contribution in [0, 0.1) is 10.1 Å². The number of carbonyl (C=O) groups is 1. The highest BCUT2D eigenvalue weighted by Crippen LogP contribution is 2.36. The van der Waals surface area contributed by atoms with Crippen LogP contribution in [0.5, 0.6) is 0 Å². The number of carbonyl (C=O) groups excluding carboxylic acids is 1. The van der Waals surface area contributed by atoms with E-state index in [0.29, 0.717) is 16.3 Å². The molecule has 6 nitrogen and oxygen atoms in total. The number of nitro groups is 1. The topological polar surface area (TPSA) is 85.1 Å². The molecule has 0 atom stereocenters. The first kappa shape index (κ1) is 18.5. The number of nitrogens with zero attached hydrogens (tertiary/aromatic N) is 2. The van der Waals surface area contributed by atoms with Gasteiger partial charge in [0.1, 0.15) is 5.01 Å². The standard InChI is InChI=1S/C22H15N3O3S/c26-21(13-10-15-6-2-1-3-7-15)23-19-14-16(25(27)28)11-12-17(19)22-24-18-8-4-5-9-20(18)29-22/h1-14H,(H,23,26). The van der Waals surface area contributed by atoms with Crippen molar-refractivity contribution in [3.8, 4) is 10.6 Å². The molecule has 1 aromatic heterocycles. The summed E-state index contributed by atoms with van der Waals surface area (Å²) < 4.78 is 1.00. The Hall–Kier alpha value is -3.84. The summed E-state index contributed by atoms with van der Waals surface area (Å²) in [6.45, 7) is 0. The molecule has 4 rings (SSSR count). The predicted octanol–water partition coefficient (Wildman–Crippen LogP) is 5.52. The van der Waals surface area contributed by atoms with E-state index in [-0.39, 0.29) is 11.6 Å².